The van der Waals surface area contributed by atoms with Crippen LogP contribution in [-0.4, -0.2) is 45.1 Å². The fraction of sp³-hybridized carbons (Fsp3) is 1.00. The zero-order valence-corrected chi connectivity index (χ0v) is 13.2. The number of ether oxygens (including phenoxy) is 1. The van der Waals surface area contributed by atoms with Gasteiger partial charge in [-0.05, 0) is 32.1 Å². The highest BCUT2D eigenvalue weighted by Crippen LogP contribution is 2.20. The summed E-state index contributed by atoms with van der Waals surface area (Å²) in [5, 5.41) is 0. The highest BCUT2D eigenvalue weighted by molar-refractivity contribution is 7.87. The molecule has 0 bridgehead atoms. The molecule has 20 heavy (non-hydrogen) atoms. The second-order valence-corrected chi connectivity index (χ2v) is 7.60. The summed E-state index contributed by atoms with van der Waals surface area (Å²) >= 11 is 0. The van der Waals surface area contributed by atoms with Gasteiger partial charge in [0.1, 0.15) is 0 Å². The van der Waals surface area contributed by atoms with Gasteiger partial charge in [-0.2, -0.15) is 12.7 Å². The summed E-state index contributed by atoms with van der Waals surface area (Å²) in [6.45, 7) is 2.46. The summed E-state index contributed by atoms with van der Waals surface area (Å²) < 4.78 is 34.1. The Bertz CT molecular complexity index is 361. The molecule has 118 valence electrons. The summed E-state index contributed by atoms with van der Waals surface area (Å²) in [5.41, 5.74) is 0. The van der Waals surface area contributed by atoms with Gasteiger partial charge in [-0.15, -0.1) is 0 Å². The minimum absolute atomic E-state index is 0.405. The summed E-state index contributed by atoms with van der Waals surface area (Å²) in [6, 6.07) is 0. The normalized spacial score (nSPS) is 23.0. The lowest BCUT2D eigenvalue weighted by Gasteiger charge is -2.26. The standard InChI is InChI=1S/C14H28N2O3S/c17-20(18,16-11-5-2-6-12-16)15-10-7-13-19-14-8-3-1-4-9-14/h14-15H,1-13H2. The second kappa shape index (κ2) is 8.32. The molecule has 2 fully saturated rings. The average molecular weight is 304 g/mol. The zero-order chi connectivity index (χ0) is 14.3. The Kier molecular flexibility index (Phi) is 6.74. The van der Waals surface area contributed by atoms with Crippen LogP contribution in [0, 0.1) is 0 Å². The van der Waals surface area contributed by atoms with E-state index < -0.39 is 10.2 Å². The van der Waals surface area contributed by atoms with Crippen LogP contribution in [0.3, 0.4) is 0 Å². The molecule has 6 heteroatoms. The maximum absolute atomic E-state index is 12.0. The lowest BCUT2D eigenvalue weighted by atomic mass is 9.98. The molecule has 1 N–H and O–H groups in total. The van der Waals surface area contributed by atoms with Crippen LogP contribution >= 0.6 is 0 Å². The third-order valence-electron chi connectivity index (χ3n) is 4.17. The molecule has 0 radical (unpaired) electrons. The van der Waals surface area contributed by atoms with Gasteiger partial charge in [0, 0.05) is 26.2 Å². The van der Waals surface area contributed by atoms with E-state index in [0.29, 0.717) is 32.3 Å². The quantitative estimate of drug-likeness (QED) is 0.732. The minimum atomic E-state index is -3.26. The monoisotopic (exact) mass is 304 g/mol. The molecule has 2 aliphatic rings. The van der Waals surface area contributed by atoms with Crippen molar-refractivity contribution in [1.29, 1.82) is 0 Å². The summed E-state index contributed by atoms with van der Waals surface area (Å²) in [5.74, 6) is 0. The van der Waals surface area contributed by atoms with Gasteiger partial charge in [-0.25, -0.2) is 4.72 Å². The third kappa shape index (κ3) is 5.31. The Balaban J connectivity index is 1.57. The van der Waals surface area contributed by atoms with E-state index in [4.69, 9.17) is 4.74 Å². The summed E-state index contributed by atoms with van der Waals surface area (Å²) in [4.78, 5) is 0. The van der Waals surface area contributed by atoms with E-state index in [0.717, 1.165) is 25.7 Å². The number of hydrogen-bond acceptors (Lipinski definition) is 3. The fourth-order valence-corrected chi connectivity index (χ4v) is 4.28. The van der Waals surface area contributed by atoms with Gasteiger partial charge >= 0.3 is 0 Å². The molecule has 0 spiro atoms. The van der Waals surface area contributed by atoms with Crippen molar-refractivity contribution in [3.8, 4) is 0 Å². The smallest absolute Gasteiger partial charge is 0.279 e. The predicted molar refractivity (Wildman–Crippen MR) is 79.8 cm³/mol. The first-order valence-electron chi connectivity index (χ1n) is 8.05. The molecule has 1 heterocycles. The summed E-state index contributed by atoms with van der Waals surface area (Å²) in [7, 11) is -3.26. The molecule has 0 aromatic carbocycles. The van der Waals surface area contributed by atoms with E-state index in [1.54, 1.807) is 4.31 Å². The van der Waals surface area contributed by atoms with Crippen LogP contribution in [0.2, 0.25) is 0 Å². The van der Waals surface area contributed by atoms with Crippen LogP contribution in [0.5, 0.6) is 0 Å². The molecule has 1 saturated carbocycles. The second-order valence-electron chi connectivity index (χ2n) is 5.84. The molecule has 0 aromatic heterocycles. The molecule has 2 rings (SSSR count). The van der Waals surface area contributed by atoms with Gasteiger partial charge in [0.2, 0.25) is 0 Å². The maximum atomic E-state index is 12.0. The van der Waals surface area contributed by atoms with Crippen LogP contribution in [0.15, 0.2) is 0 Å². The molecule has 1 aliphatic carbocycles. The Labute approximate surface area is 123 Å². The number of rotatable bonds is 7. The van der Waals surface area contributed by atoms with Crippen molar-refractivity contribution in [2.45, 2.75) is 63.9 Å². The van der Waals surface area contributed by atoms with E-state index in [1.165, 1.54) is 32.1 Å². The molecule has 1 aliphatic heterocycles. The van der Waals surface area contributed by atoms with Crippen molar-refractivity contribution in [3.63, 3.8) is 0 Å². The van der Waals surface area contributed by atoms with E-state index in [2.05, 4.69) is 4.72 Å². The van der Waals surface area contributed by atoms with Gasteiger partial charge in [0.25, 0.3) is 10.2 Å². The van der Waals surface area contributed by atoms with Crippen LogP contribution in [0.4, 0.5) is 0 Å². The number of nitrogens with zero attached hydrogens (tertiary/aromatic N) is 1. The van der Waals surface area contributed by atoms with Crippen LogP contribution in [0.25, 0.3) is 0 Å². The first-order valence-corrected chi connectivity index (χ1v) is 9.49. The fourth-order valence-electron chi connectivity index (χ4n) is 2.95. The highest BCUT2D eigenvalue weighted by Gasteiger charge is 2.22. The van der Waals surface area contributed by atoms with Crippen molar-refractivity contribution in [2.75, 3.05) is 26.2 Å². The van der Waals surface area contributed by atoms with Crippen LogP contribution in [-0.2, 0) is 14.9 Å². The third-order valence-corrected chi connectivity index (χ3v) is 5.78. The molecule has 0 aromatic rings. The Hall–Kier alpha value is -0.170. The van der Waals surface area contributed by atoms with E-state index in [-0.39, 0.29) is 0 Å². The van der Waals surface area contributed by atoms with Gasteiger partial charge in [-0.3, -0.25) is 0 Å². The van der Waals surface area contributed by atoms with Gasteiger partial charge < -0.3 is 4.74 Å². The van der Waals surface area contributed by atoms with Gasteiger partial charge in [-0.1, -0.05) is 25.7 Å². The van der Waals surface area contributed by atoms with Crippen molar-refractivity contribution in [2.24, 2.45) is 0 Å². The highest BCUT2D eigenvalue weighted by atomic mass is 32.2. The largest absolute Gasteiger partial charge is 0.378 e. The number of piperidine rings is 1. The van der Waals surface area contributed by atoms with Crippen molar-refractivity contribution in [1.82, 2.24) is 9.03 Å². The molecule has 0 amide bonds. The molecular formula is C14H28N2O3S. The molecule has 1 saturated heterocycles. The minimum Gasteiger partial charge on any atom is -0.378 e. The predicted octanol–water partition coefficient (Wildman–Crippen LogP) is 2.05. The summed E-state index contributed by atoms with van der Waals surface area (Å²) in [6.07, 6.45) is 10.5. The van der Waals surface area contributed by atoms with Crippen molar-refractivity contribution < 1.29 is 13.2 Å². The Morgan fingerprint density at radius 1 is 1.00 bits per heavy atom. The topological polar surface area (TPSA) is 58.6 Å². The van der Waals surface area contributed by atoms with Gasteiger partial charge in [0.15, 0.2) is 0 Å². The SMILES string of the molecule is O=S(=O)(NCCCOC1CCCCC1)N1CCCCC1. The average Bonchev–Trinajstić information content (AvgIpc) is 2.49. The van der Waals surface area contributed by atoms with E-state index >= 15 is 0 Å². The van der Waals surface area contributed by atoms with Crippen molar-refractivity contribution >= 4 is 10.2 Å². The Morgan fingerprint density at radius 2 is 1.65 bits per heavy atom. The molecule has 5 nitrogen and oxygen atoms in total. The van der Waals surface area contributed by atoms with Crippen molar-refractivity contribution in [3.05, 3.63) is 0 Å². The van der Waals surface area contributed by atoms with Gasteiger partial charge in [0.05, 0.1) is 6.10 Å². The molecule has 0 unspecified atom stereocenters. The first kappa shape index (κ1) is 16.2. The number of nitrogens with one attached hydrogen (secondary N) is 1. The molecular weight excluding hydrogens is 276 g/mol. The van der Waals surface area contributed by atoms with Crippen LogP contribution < -0.4 is 4.72 Å². The maximum Gasteiger partial charge on any atom is 0.279 e. The lowest BCUT2D eigenvalue weighted by Crippen LogP contribution is -2.43. The van der Waals surface area contributed by atoms with E-state index in [1.807, 2.05) is 0 Å². The van der Waals surface area contributed by atoms with Crippen LogP contribution in [0.1, 0.15) is 57.8 Å². The zero-order valence-electron chi connectivity index (χ0n) is 12.3. The number of hydrogen-bond donors (Lipinski definition) is 1. The first-order chi connectivity index (χ1) is 9.68. The Morgan fingerprint density at radius 3 is 2.35 bits per heavy atom. The van der Waals surface area contributed by atoms with E-state index in [9.17, 15) is 8.42 Å². The lowest BCUT2D eigenvalue weighted by molar-refractivity contribution is 0.0277. The molecule has 0 atom stereocenters.